The quantitative estimate of drug-likeness (QED) is 0.699. The van der Waals surface area contributed by atoms with Crippen LogP contribution in [0.5, 0.6) is 0 Å². The fraction of sp³-hybridized carbons (Fsp3) is 0.300. The number of amides is 2. The number of hydrogen-bond donors (Lipinski definition) is 2. The molecule has 2 aromatic rings. The van der Waals surface area contributed by atoms with Gasteiger partial charge in [0.05, 0.1) is 16.3 Å². The summed E-state index contributed by atoms with van der Waals surface area (Å²) in [5, 5.41) is 6.01. The number of thioether (sulfide) groups is 1. The van der Waals surface area contributed by atoms with E-state index >= 15 is 0 Å². The molecule has 2 N–H and O–H groups in total. The van der Waals surface area contributed by atoms with E-state index in [4.69, 9.17) is 11.6 Å². The Bertz CT molecular complexity index is 1040. The van der Waals surface area contributed by atoms with E-state index in [-0.39, 0.29) is 29.0 Å². The summed E-state index contributed by atoms with van der Waals surface area (Å²) in [5.41, 5.74) is 1.26. The predicted molar refractivity (Wildman–Crippen MR) is 115 cm³/mol. The first-order valence-corrected chi connectivity index (χ1v) is 12.1. The third-order valence-corrected chi connectivity index (χ3v) is 7.85. The monoisotopic (exact) mass is 452 g/mol. The largest absolute Gasteiger partial charge is 0.352 e. The van der Waals surface area contributed by atoms with E-state index in [1.807, 2.05) is 6.07 Å². The highest BCUT2D eigenvalue weighted by Gasteiger charge is 2.25. The van der Waals surface area contributed by atoms with Crippen LogP contribution in [0.15, 0.2) is 52.3 Å². The van der Waals surface area contributed by atoms with Crippen LogP contribution in [0, 0.1) is 5.92 Å². The van der Waals surface area contributed by atoms with Crippen LogP contribution in [0.2, 0.25) is 5.02 Å². The van der Waals surface area contributed by atoms with Gasteiger partial charge in [0.25, 0.3) is 0 Å². The molecule has 0 spiro atoms. The second kappa shape index (κ2) is 9.19. The van der Waals surface area contributed by atoms with Crippen LogP contribution >= 0.6 is 23.4 Å². The van der Waals surface area contributed by atoms with Gasteiger partial charge in [-0.3, -0.25) is 9.59 Å². The van der Waals surface area contributed by atoms with Crippen molar-refractivity contribution in [1.82, 2.24) is 5.32 Å². The SMILES string of the molecule is C[C@@H](CS(=O)(=O)c1ccc2c(c1)NC(=O)CCS2)C(=O)NCc1ccccc1Cl. The number of nitrogens with one attached hydrogen (secondary N) is 2. The Morgan fingerprint density at radius 2 is 2.03 bits per heavy atom. The Morgan fingerprint density at radius 1 is 1.28 bits per heavy atom. The highest BCUT2D eigenvalue weighted by atomic mass is 35.5. The average Bonchev–Trinajstić information content (AvgIpc) is 2.86. The van der Waals surface area contributed by atoms with Crippen LogP contribution in [0.4, 0.5) is 5.69 Å². The molecule has 9 heteroatoms. The summed E-state index contributed by atoms with van der Waals surface area (Å²) in [6.07, 6.45) is 0.379. The Hall–Kier alpha value is -2.03. The smallest absolute Gasteiger partial charge is 0.225 e. The van der Waals surface area contributed by atoms with E-state index in [0.29, 0.717) is 22.9 Å². The topological polar surface area (TPSA) is 92.3 Å². The maximum Gasteiger partial charge on any atom is 0.225 e. The van der Waals surface area contributed by atoms with E-state index in [0.717, 1.165) is 10.5 Å². The van der Waals surface area contributed by atoms with Crippen molar-refractivity contribution in [1.29, 1.82) is 0 Å². The van der Waals surface area contributed by atoms with Crippen LogP contribution in [0.25, 0.3) is 0 Å². The summed E-state index contributed by atoms with van der Waals surface area (Å²) in [5.74, 6) is -0.940. The lowest BCUT2D eigenvalue weighted by Gasteiger charge is -2.14. The number of carbonyl (C=O) groups excluding carboxylic acids is 2. The van der Waals surface area contributed by atoms with Gasteiger partial charge in [-0.15, -0.1) is 11.8 Å². The molecule has 3 rings (SSSR count). The van der Waals surface area contributed by atoms with Gasteiger partial charge < -0.3 is 10.6 Å². The molecule has 6 nitrogen and oxygen atoms in total. The van der Waals surface area contributed by atoms with Crippen LogP contribution < -0.4 is 10.6 Å². The molecular formula is C20H21ClN2O4S2. The zero-order chi connectivity index (χ0) is 21.0. The second-order valence-electron chi connectivity index (χ2n) is 6.80. The lowest BCUT2D eigenvalue weighted by molar-refractivity contribution is -0.124. The van der Waals surface area contributed by atoms with Crippen LogP contribution in [-0.2, 0) is 26.0 Å². The van der Waals surface area contributed by atoms with E-state index in [1.165, 1.54) is 23.9 Å². The number of benzene rings is 2. The third kappa shape index (κ3) is 5.52. The minimum absolute atomic E-state index is 0.0878. The molecule has 0 unspecified atom stereocenters. The third-order valence-electron chi connectivity index (χ3n) is 4.50. The Labute approximate surface area is 179 Å². The number of carbonyl (C=O) groups is 2. The summed E-state index contributed by atoms with van der Waals surface area (Å²) < 4.78 is 25.6. The van der Waals surface area contributed by atoms with Gasteiger partial charge in [-0.05, 0) is 29.8 Å². The zero-order valence-electron chi connectivity index (χ0n) is 15.8. The standard InChI is InChI=1S/C20H21ClN2O4S2/c1-13(20(25)22-11-14-4-2-3-5-16(14)21)12-29(26,27)15-6-7-18-17(10-15)23-19(24)8-9-28-18/h2-7,10,13H,8-9,11-12H2,1H3,(H,22,25)(H,23,24)/t13-/m0/s1. The lowest BCUT2D eigenvalue weighted by Crippen LogP contribution is -2.32. The Morgan fingerprint density at radius 3 is 2.79 bits per heavy atom. The van der Waals surface area contributed by atoms with Gasteiger partial charge in [0.15, 0.2) is 9.84 Å². The summed E-state index contributed by atoms with van der Waals surface area (Å²) in [6, 6.07) is 11.8. The van der Waals surface area contributed by atoms with Crippen molar-refractivity contribution >= 4 is 50.7 Å². The minimum Gasteiger partial charge on any atom is -0.352 e. The Kier molecular flexibility index (Phi) is 6.87. The van der Waals surface area contributed by atoms with Crippen molar-refractivity contribution in [3.63, 3.8) is 0 Å². The number of fused-ring (bicyclic) bond motifs is 1. The number of anilines is 1. The molecular weight excluding hydrogens is 432 g/mol. The van der Waals surface area contributed by atoms with Gasteiger partial charge in [0.1, 0.15) is 0 Å². The summed E-state index contributed by atoms with van der Waals surface area (Å²) in [4.78, 5) is 25.1. The molecule has 0 saturated heterocycles. The maximum absolute atomic E-state index is 12.8. The highest BCUT2D eigenvalue weighted by Crippen LogP contribution is 2.33. The average molecular weight is 453 g/mol. The molecule has 1 aliphatic heterocycles. The maximum atomic E-state index is 12.8. The van der Waals surface area contributed by atoms with Crippen molar-refractivity contribution < 1.29 is 18.0 Å². The minimum atomic E-state index is -3.71. The van der Waals surface area contributed by atoms with Gasteiger partial charge in [0.2, 0.25) is 11.8 Å². The fourth-order valence-corrected chi connectivity index (χ4v) is 5.61. The van der Waals surface area contributed by atoms with Crippen molar-refractivity contribution in [3.8, 4) is 0 Å². The molecule has 154 valence electrons. The molecule has 2 aromatic carbocycles. The zero-order valence-corrected chi connectivity index (χ0v) is 18.2. The summed E-state index contributed by atoms with van der Waals surface area (Å²) in [7, 11) is -3.71. The molecule has 2 amide bonds. The number of sulfone groups is 1. The van der Waals surface area contributed by atoms with E-state index in [2.05, 4.69) is 10.6 Å². The van der Waals surface area contributed by atoms with Crippen molar-refractivity contribution in [2.24, 2.45) is 5.92 Å². The van der Waals surface area contributed by atoms with Crippen LogP contribution in [0.3, 0.4) is 0 Å². The van der Waals surface area contributed by atoms with Crippen molar-refractivity contribution in [2.45, 2.75) is 29.7 Å². The van der Waals surface area contributed by atoms with Crippen molar-refractivity contribution in [2.75, 3.05) is 16.8 Å². The molecule has 0 aromatic heterocycles. The fourth-order valence-electron chi connectivity index (χ4n) is 2.89. The van der Waals surface area contributed by atoms with Gasteiger partial charge in [-0.1, -0.05) is 36.7 Å². The van der Waals surface area contributed by atoms with E-state index < -0.39 is 15.8 Å². The first-order chi connectivity index (χ1) is 13.8. The first kappa shape index (κ1) is 21.7. The van der Waals surface area contributed by atoms with Gasteiger partial charge in [0, 0.05) is 34.6 Å². The molecule has 29 heavy (non-hydrogen) atoms. The summed E-state index contributed by atoms with van der Waals surface area (Å²) >= 11 is 7.58. The highest BCUT2D eigenvalue weighted by molar-refractivity contribution is 7.99. The van der Waals surface area contributed by atoms with E-state index in [9.17, 15) is 18.0 Å². The summed E-state index contributed by atoms with van der Waals surface area (Å²) in [6.45, 7) is 1.80. The number of hydrogen-bond acceptors (Lipinski definition) is 5. The molecule has 1 aliphatic rings. The van der Waals surface area contributed by atoms with Crippen LogP contribution in [0.1, 0.15) is 18.9 Å². The second-order valence-corrected chi connectivity index (χ2v) is 10.4. The number of rotatable bonds is 6. The molecule has 1 atom stereocenters. The van der Waals surface area contributed by atoms with Gasteiger partial charge >= 0.3 is 0 Å². The lowest BCUT2D eigenvalue weighted by atomic mass is 10.2. The van der Waals surface area contributed by atoms with E-state index in [1.54, 1.807) is 31.2 Å². The van der Waals surface area contributed by atoms with Gasteiger partial charge in [-0.2, -0.15) is 0 Å². The predicted octanol–water partition coefficient (Wildman–Crippen LogP) is 3.50. The molecule has 0 saturated carbocycles. The van der Waals surface area contributed by atoms with Gasteiger partial charge in [-0.25, -0.2) is 8.42 Å². The molecule has 0 radical (unpaired) electrons. The normalized spacial score (nSPS) is 15.0. The molecule has 0 aliphatic carbocycles. The van der Waals surface area contributed by atoms with Crippen LogP contribution in [-0.4, -0.2) is 31.7 Å². The molecule has 1 heterocycles. The molecule has 0 fully saturated rings. The van der Waals surface area contributed by atoms with Crippen molar-refractivity contribution in [3.05, 3.63) is 53.1 Å². The first-order valence-electron chi connectivity index (χ1n) is 9.07. The Balaban J connectivity index is 1.67. The number of halogens is 1. The molecule has 0 bridgehead atoms.